The molecule has 3 fully saturated rings. The summed E-state index contributed by atoms with van der Waals surface area (Å²) in [7, 11) is 0. The number of allylic oxidation sites excluding steroid dienone is 5. The molecule has 202 valence electrons. The highest BCUT2D eigenvalue weighted by atomic mass is 16.5. The van der Waals surface area contributed by atoms with E-state index in [-0.39, 0.29) is 52.1 Å². The van der Waals surface area contributed by atoms with Crippen LogP contribution in [0.1, 0.15) is 93.9 Å². The largest absolute Gasteiger partial charge is 0.462 e. The second-order valence-corrected chi connectivity index (χ2v) is 13.0. The van der Waals surface area contributed by atoms with Gasteiger partial charge in [0.2, 0.25) is 0 Å². The van der Waals surface area contributed by atoms with Crippen molar-refractivity contribution < 1.29 is 23.9 Å². The van der Waals surface area contributed by atoms with Crippen LogP contribution in [0.15, 0.2) is 46.6 Å². The van der Waals surface area contributed by atoms with Gasteiger partial charge in [-0.3, -0.25) is 9.59 Å². The van der Waals surface area contributed by atoms with Gasteiger partial charge in [-0.1, -0.05) is 52.0 Å². The molecule has 0 aromatic rings. The van der Waals surface area contributed by atoms with Crippen LogP contribution in [-0.4, -0.2) is 29.9 Å². The fourth-order valence-corrected chi connectivity index (χ4v) is 8.42. The van der Waals surface area contributed by atoms with Gasteiger partial charge in [0.05, 0.1) is 0 Å². The van der Waals surface area contributed by atoms with Gasteiger partial charge in [-0.05, 0) is 74.9 Å². The highest BCUT2D eigenvalue weighted by Gasteiger charge is 2.65. The fraction of sp³-hybridized carbons (Fsp3) is 0.656. The van der Waals surface area contributed by atoms with E-state index in [0.717, 1.165) is 42.4 Å². The van der Waals surface area contributed by atoms with Gasteiger partial charge >= 0.3 is 11.9 Å². The third kappa shape index (κ3) is 4.68. The lowest BCUT2D eigenvalue weighted by Gasteiger charge is -2.62. The fourth-order valence-electron chi connectivity index (χ4n) is 8.42. The van der Waals surface area contributed by atoms with Crippen LogP contribution >= 0.6 is 0 Å². The SMILES string of the molecule is CC(=O)OC1CCC2(C)C3CC(=O)C(=C(C)C=CC=C(C)C4CC=C(C)C(=O)O4)C3(C)CCC2C1(C)C. The Morgan fingerprint density at radius 1 is 1.05 bits per heavy atom. The lowest BCUT2D eigenvalue weighted by Crippen LogP contribution is -2.58. The molecule has 1 aliphatic heterocycles. The molecule has 6 atom stereocenters. The molecule has 3 aliphatic carbocycles. The summed E-state index contributed by atoms with van der Waals surface area (Å²) < 4.78 is 11.3. The zero-order valence-electron chi connectivity index (χ0n) is 23.9. The number of ether oxygens (including phenoxy) is 2. The Hall–Kier alpha value is -2.43. The van der Waals surface area contributed by atoms with Crippen molar-refractivity contribution in [1.82, 2.24) is 0 Å². The summed E-state index contributed by atoms with van der Waals surface area (Å²) in [4.78, 5) is 37.2. The number of hydrogen-bond acceptors (Lipinski definition) is 5. The van der Waals surface area contributed by atoms with Crippen molar-refractivity contribution >= 4 is 17.7 Å². The molecule has 0 bridgehead atoms. The maximum Gasteiger partial charge on any atom is 0.333 e. The lowest BCUT2D eigenvalue weighted by atomic mass is 9.43. The summed E-state index contributed by atoms with van der Waals surface area (Å²) in [6, 6.07) is 0. The quantitative estimate of drug-likeness (QED) is 0.236. The predicted octanol–water partition coefficient (Wildman–Crippen LogP) is 6.83. The minimum Gasteiger partial charge on any atom is -0.462 e. The summed E-state index contributed by atoms with van der Waals surface area (Å²) in [6.07, 6.45) is 12.8. The van der Waals surface area contributed by atoms with Crippen molar-refractivity contribution in [3.8, 4) is 0 Å². The van der Waals surface area contributed by atoms with E-state index in [1.807, 2.05) is 31.2 Å². The Balaban J connectivity index is 1.58. The van der Waals surface area contributed by atoms with Crippen LogP contribution in [0.4, 0.5) is 0 Å². The molecule has 0 radical (unpaired) electrons. The molecular weight excluding hydrogens is 464 g/mol. The standard InChI is InChI=1S/C32H44O5/c1-19(24-13-12-21(3)29(35)37-24)10-9-11-20(2)28-23(34)18-26-31(7)17-15-27(36-22(4)33)30(5,6)25(31)14-16-32(26,28)8/h9-12,24-27H,13-18H2,1-8H3. The molecule has 4 aliphatic rings. The first kappa shape index (κ1) is 27.6. The first-order valence-electron chi connectivity index (χ1n) is 13.9. The first-order valence-corrected chi connectivity index (χ1v) is 13.9. The molecule has 0 spiro atoms. The molecule has 0 amide bonds. The Bertz CT molecular complexity index is 1120. The average Bonchev–Trinajstić information content (AvgIpc) is 3.08. The Kier molecular flexibility index (Phi) is 7.24. The number of carbonyl (C=O) groups is 3. The van der Waals surface area contributed by atoms with E-state index >= 15 is 0 Å². The van der Waals surface area contributed by atoms with Gasteiger partial charge in [0, 0.05) is 41.7 Å². The normalized spacial score (nSPS) is 39.0. The zero-order chi connectivity index (χ0) is 27.3. The van der Waals surface area contributed by atoms with E-state index < -0.39 is 0 Å². The van der Waals surface area contributed by atoms with Crippen LogP contribution in [0.25, 0.3) is 0 Å². The number of cyclic esters (lactones) is 1. The Morgan fingerprint density at radius 3 is 2.41 bits per heavy atom. The summed E-state index contributed by atoms with van der Waals surface area (Å²) in [5.74, 6) is 0.509. The number of Topliss-reactive ketones (excluding diaryl/α,β-unsaturated/α-hetero) is 1. The third-order valence-corrected chi connectivity index (χ3v) is 10.4. The molecule has 1 heterocycles. The Morgan fingerprint density at radius 2 is 1.76 bits per heavy atom. The maximum atomic E-state index is 13.5. The topological polar surface area (TPSA) is 69.7 Å². The van der Waals surface area contributed by atoms with Crippen molar-refractivity contribution in [3.63, 3.8) is 0 Å². The smallest absolute Gasteiger partial charge is 0.333 e. The van der Waals surface area contributed by atoms with E-state index in [9.17, 15) is 14.4 Å². The highest BCUT2D eigenvalue weighted by Crippen LogP contribution is 2.69. The van der Waals surface area contributed by atoms with Crippen molar-refractivity contribution in [3.05, 3.63) is 46.6 Å². The molecule has 0 aromatic carbocycles. The molecule has 0 N–H and O–H groups in total. The van der Waals surface area contributed by atoms with Crippen LogP contribution < -0.4 is 0 Å². The van der Waals surface area contributed by atoms with Crippen LogP contribution in [0.2, 0.25) is 0 Å². The molecule has 37 heavy (non-hydrogen) atoms. The summed E-state index contributed by atoms with van der Waals surface area (Å²) in [6.45, 7) is 16.5. The van der Waals surface area contributed by atoms with Crippen molar-refractivity contribution in [2.24, 2.45) is 28.1 Å². The molecule has 0 aromatic heterocycles. The molecule has 5 heteroatoms. The minimum absolute atomic E-state index is 0.0293. The second-order valence-electron chi connectivity index (χ2n) is 13.0. The van der Waals surface area contributed by atoms with Crippen LogP contribution in [0.5, 0.6) is 0 Å². The Labute approximate surface area is 222 Å². The molecule has 4 rings (SSSR count). The lowest BCUT2D eigenvalue weighted by molar-refractivity contribution is -0.185. The number of carbonyl (C=O) groups excluding carboxylic acids is 3. The van der Waals surface area contributed by atoms with Gasteiger partial charge in [0.15, 0.2) is 5.78 Å². The van der Waals surface area contributed by atoms with E-state index in [4.69, 9.17) is 9.47 Å². The van der Waals surface area contributed by atoms with Gasteiger partial charge in [0.1, 0.15) is 12.2 Å². The third-order valence-electron chi connectivity index (χ3n) is 10.4. The molecule has 6 unspecified atom stereocenters. The number of hydrogen-bond donors (Lipinski definition) is 0. The van der Waals surface area contributed by atoms with Gasteiger partial charge in [0.25, 0.3) is 0 Å². The first-order chi connectivity index (χ1) is 17.2. The molecular formula is C32H44O5. The van der Waals surface area contributed by atoms with Gasteiger partial charge in [-0.25, -0.2) is 4.79 Å². The van der Waals surface area contributed by atoms with E-state index in [1.54, 1.807) is 6.92 Å². The predicted molar refractivity (Wildman–Crippen MR) is 144 cm³/mol. The zero-order valence-corrected chi connectivity index (χ0v) is 23.9. The summed E-state index contributed by atoms with van der Waals surface area (Å²) >= 11 is 0. The number of ketones is 1. The molecule has 0 saturated heterocycles. The van der Waals surface area contributed by atoms with E-state index in [1.165, 1.54) is 6.92 Å². The number of fused-ring (bicyclic) bond motifs is 3. The van der Waals surface area contributed by atoms with Crippen LogP contribution in [-0.2, 0) is 23.9 Å². The molecule has 5 nitrogen and oxygen atoms in total. The summed E-state index contributed by atoms with van der Waals surface area (Å²) in [5.41, 5.74) is 3.43. The van der Waals surface area contributed by atoms with Crippen LogP contribution in [0, 0.1) is 28.1 Å². The number of rotatable bonds is 4. The van der Waals surface area contributed by atoms with E-state index in [0.29, 0.717) is 24.3 Å². The van der Waals surface area contributed by atoms with Gasteiger partial charge < -0.3 is 9.47 Å². The highest BCUT2D eigenvalue weighted by molar-refractivity contribution is 6.00. The molecule has 3 saturated carbocycles. The summed E-state index contributed by atoms with van der Waals surface area (Å²) in [5, 5.41) is 0. The average molecular weight is 509 g/mol. The van der Waals surface area contributed by atoms with Gasteiger partial charge in [-0.2, -0.15) is 0 Å². The van der Waals surface area contributed by atoms with Crippen molar-refractivity contribution in [2.45, 2.75) is 106 Å². The maximum absolute atomic E-state index is 13.5. The van der Waals surface area contributed by atoms with E-state index in [2.05, 4.69) is 34.6 Å². The monoisotopic (exact) mass is 508 g/mol. The minimum atomic E-state index is -0.254. The van der Waals surface area contributed by atoms with Gasteiger partial charge in [-0.15, -0.1) is 0 Å². The van der Waals surface area contributed by atoms with Crippen molar-refractivity contribution in [2.75, 3.05) is 0 Å². The van der Waals surface area contributed by atoms with Crippen molar-refractivity contribution in [1.29, 1.82) is 0 Å². The second kappa shape index (κ2) is 9.71. The van der Waals surface area contributed by atoms with Crippen LogP contribution in [0.3, 0.4) is 0 Å². The number of esters is 2.